The number of hydrogen-bond donors (Lipinski definition) is 3. The van der Waals surface area contributed by atoms with Crippen LogP contribution >= 0.6 is 0 Å². The zero-order chi connectivity index (χ0) is 33.2. The topological polar surface area (TPSA) is 134 Å². The number of ether oxygens (including phenoxy) is 2. The number of para-hydroxylation sites is 1. The summed E-state index contributed by atoms with van der Waals surface area (Å²) in [5.41, 5.74) is -0.883. The van der Waals surface area contributed by atoms with E-state index < -0.39 is 53.2 Å². The molecule has 0 heterocycles. The van der Waals surface area contributed by atoms with Crippen molar-refractivity contribution in [1.29, 1.82) is 0 Å². The highest BCUT2D eigenvalue weighted by molar-refractivity contribution is 5.95. The number of alkyl carbamates (subject to hydrolysis) is 1. The zero-order valence-corrected chi connectivity index (χ0v) is 26.8. The van der Waals surface area contributed by atoms with E-state index in [4.69, 9.17) is 15.9 Å². The minimum absolute atomic E-state index is 0.0273. The highest BCUT2D eigenvalue weighted by Crippen LogP contribution is 2.30. The number of nitrogens with one attached hydrogen (secondary N) is 2. The summed E-state index contributed by atoms with van der Waals surface area (Å²) in [6, 6.07) is 13.4. The Morgan fingerprint density at radius 3 is 1.95 bits per heavy atom. The van der Waals surface area contributed by atoms with Crippen LogP contribution in [0.3, 0.4) is 0 Å². The van der Waals surface area contributed by atoms with Crippen molar-refractivity contribution < 1.29 is 33.8 Å². The smallest absolute Gasteiger partial charge is 0.408 e. The molecule has 0 fully saturated rings. The van der Waals surface area contributed by atoms with Gasteiger partial charge in [0.2, 0.25) is 5.91 Å². The highest BCUT2D eigenvalue weighted by Gasteiger charge is 2.39. The summed E-state index contributed by atoms with van der Waals surface area (Å²) in [6.07, 6.45) is 5.30. The second-order valence-corrected chi connectivity index (χ2v) is 12.9. The van der Waals surface area contributed by atoms with E-state index in [2.05, 4.69) is 16.7 Å². The molecule has 0 aromatic heterocycles. The monoisotopic (exact) mass is 607 g/mol. The van der Waals surface area contributed by atoms with E-state index in [1.807, 2.05) is 19.9 Å². The molecule has 0 saturated carbocycles. The van der Waals surface area contributed by atoms with Gasteiger partial charge in [0, 0.05) is 18.0 Å². The largest absolute Gasteiger partial charge is 0.508 e. The Hall–Kier alpha value is -4.52. The van der Waals surface area contributed by atoms with E-state index in [-0.39, 0.29) is 30.1 Å². The minimum Gasteiger partial charge on any atom is -0.508 e. The van der Waals surface area contributed by atoms with Crippen molar-refractivity contribution >= 4 is 23.9 Å². The number of nitrogens with zero attached hydrogens (tertiary/aromatic N) is 1. The Morgan fingerprint density at radius 2 is 1.43 bits per heavy atom. The molecule has 0 aliphatic rings. The SMILES string of the molecule is C#CN(C(=O)C(CC(C)C)NC(=O)OC(C)(C)C)C(C(=O)NC(Cc1ccccc1)C(=O)OC(C)(C)C)c1ccccc1O. The van der Waals surface area contributed by atoms with Crippen LogP contribution in [0.1, 0.15) is 79.0 Å². The fraction of sp³-hybridized carbons (Fsp3) is 0.471. The summed E-state index contributed by atoms with van der Waals surface area (Å²) >= 11 is 0. The van der Waals surface area contributed by atoms with Crippen LogP contribution in [0.5, 0.6) is 5.75 Å². The molecule has 2 aromatic rings. The van der Waals surface area contributed by atoms with Gasteiger partial charge in [-0.3, -0.25) is 14.5 Å². The first-order valence-electron chi connectivity index (χ1n) is 14.6. The van der Waals surface area contributed by atoms with E-state index >= 15 is 0 Å². The normalized spacial score (nSPS) is 13.5. The Bertz CT molecular complexity index is 1340. The van der Waals surface area contributed by atoms with Crippen LogP contribution < -0.4 is 10.6 Å². The van der Waals surface area contributed by atoms with Gasteiger partial charge in [-0.2, -0.15) is 0 Å². The minimum atomic E-state index is -1.57. The first-order chi connectivity index (χ1) is 20.4. The first kappa shape index (κ1) is 35.7. The van der Waals surface area contributed by atoms with Crippen LogP contribution in [-0.4, -0.2) is 57.2 Å². The Balaban J connectivity index is 2.55. The van der Waals surface area contributed by atoms with Crippen molar-refractivity contribution in [1.82, 2.24) is 15.5 Å². The maximum atomic E-state index is 14.1. The van der Waals surface area contributed by atoms with E-state index in [1.54, 1.807) is 77.9 Å². The number of carbonyl (C=O) groups excluding carboxylic acids is 4. The van der Waals surface area contributed by atoms with Crippen molar-refractivity contribution in [3.63, 3.8) is 0 Å². The van der Waals surface area contributed by atoms with Crippen molar-refractivity contribution in [3.8, 4) is 18.2 Å². The van der Waals surface area contributed by atoms with Crippen LogP contribution in [0, 0.1) is 18.4 Å². The lowest BCUT2D eigenvalue weighted by Crippen LogP contribution is -2.54. The summed E-state index contributed by atoms with van der Waals surface area (Å²) in [4.78, 5) is 54.9. The molecule has 0 bridgehead atoms. The molecule has 3 amide bonds. The van der Waals surface area contributed by atoms with Gasteiger partial charge in [-0.15, -0.1) is 0 Å². The van der Waals surface area contributed by atoms with E-state index in [9.17, 15) is 24.3 Å². The molecule has 44 heavy (non-hydrogen) atoms. The van der Waals surface area contributed by atoms with Gasteiger partial charge in [0.15, 0.2) is 6.04 Å². The van der Waals surface area contributed by atoms with Gasteiger partial charge in [-0.1, -0.05) is 68.8 Å². The van der Waals surface area contributed by atoms with Crippen molar-refractivity contribution in [2.24, 2.45) is 5.92 Å². The maximum absolute atomic E-state index is 14.1. The molecule has 0 aliphatic carbocycles. The number of aromatic hydroxyl groups is 1. The fourth-order valence-corrected chi connectivity index (χ4v) is 4.36. The Morgan fingerprint density at radius 1 is 0.864 bits per heavy atom. The summed E-state index contributed by atoms with van der Waals surface area (Å²) < 4.78 is 11.0. The van der Waals surface area contributed by atoms with Crippen LogP contribution in [0.15, 0.2) is 54.6 Å². The molecule has 10 heteroatoms. The number of terminal acetylenes is 1. The van der Waals surface area contributed by atoms with Gasteiger partial charge in [0.25, 0.3) is 5.91 Å². The molecular weight excluding hydrogens is 562 g/mol. The van der Waals surface area contributed by atoms with Gasteiger partial charge < -0.3 is 25.2 Å². The molecular formula is C34H45N3O7. The van der Waals surface area contributed by atoms with E-state index in [1.165, 1.54) is 12.1 Å². The third-order valence-corrected chi connectivity index (χ3v) is 6.10. The summed E-state index contributed by atoms with van der Waals surface area (Å²) in [7, 11) is 0. The molecule has 2 aromatic carbocycles. The Labute approximate surface area is 260 Å². The number of carbonyl (C=O) groups is 4. The summed E-state index contributed by atoms with van der Waals surface area (Å²) in [6.45, 7) is 13.9. The molecule has 2 rings (SSSR count). The number of esters is 1. The number of phenols is 1. The Kier molecular flexibility index (Phi) is 12.4. The van der Waals surface area contributed by atoms with Crippen LogP contribution in [0.4, 0.5) is 4.79 Å². The second-order valence-electron chi connectivity index (χ2n) is 12.9. The molecule has 3 atom stereocenters. The quantitative estimate of drug-likeness (QED) is 0.189. The third kappa shape index (κ3) is 11.3. The number of phenolic OH excluding ortho intramolecular Hbond substituents is 1. The van der Waals surface area contributed by atoms with Crippen molar-refractivity contribution in [2.45, 2.75) is 97.6 Å². The van der Waals surface area contributed by atoms with Gasteiger partial charge >= 0.3 is 12.1 Å². The lowest BCUT2D eigenvalue weighted by molar-refractivity contribution is -0.159. The lowest BCUT2D eigenvalue weighted by Gasteiger charge is -2.32. The number of rotatable bonds is 11. The molecule has 0 aliphatic heterocycles. The van der Waals surface area contributed by atoms with Crippen LogP contribution in [-0.2, 0) is 30.3 Å². The van der Waals surface area contributed by atoms with Gasteiger partial charge in [-0.05, 0) is 65.5 Å². The van der Waals surface area contributed by atoms with Gasteiger partial charge in [0.1, 0.15) is 29.0 Å². The second kappa shape index (κ2) is 15.3. The zero-order valence-electron chi connectivity index (χ0n) is 26.8. The first-order valence-corrected chi connectivity index (χ1v) is 14.6. The molecule has 0 saturated heterocycles. The lowest BCUT2D eigenvalue weighted by atomic mass is 9.98. The number of benzene rings is 2. The molecule has 3 N–H and O–H groups in total. The average Bonchev–Trinajstić information content (AvgIpc) is 2.89. The molecule has 0 radical (unpaired) electrons. The van der Waals surface area contributed by atoms with Crippen molar-refractivity contribution in [2.75, 3.05) is 0 Å². The summed E-state index contributed by atoms with van der Waals surface area (Å²) in [5, 5.41) is 16.1. The fourth-order valence-electron chi connectivity index (χ4n) is 4.36. The van der Waals surface area contributed by atoms with Gasteiger partial charge in [-0.25, -0.2) is 9.59 Å². The number of hydrogen-bond acceptors (Lipinski definition) is 7. The van der Waals surface area contributed by atoms with Gasteiger partial charge in [0.05, 0.1) is 0 Å². The third-order valence-electron chi connectivity index (χ3n) is 6.10. The maximum Gasteiger partial charge on any atom is 0.408 e. The predicted molar refractivity (Wildman–Crippen MR) is 167 cm³/mol. The van der Waals surface area contributed by atoms with Crippen LogP contribution in [0.25, 0.3) is 0 Å². The molecule has 0 spiro atoms. The molecule has 238 valence electrons. The molecule has 10 nitrogen and oxygen atoms in total. The molecule has 3 unspecified atom stereocenters. The van der Waals surface area contributed by atoms with E-state index in [0.29, 0.717) is 0 Å². The van der Waals surface area contributed by atoms with Crippen molar-refractivity contribution in [3.05, 3.63) is 65.7 Å². The standard InChI is InChI=1S/C34H45N3O7/c1-10-37(30(40)25(20-22(2)3)36-32(42)44-34(7,8)9)28(24-18-14-15-19-27(24)38)29(39)35-26(31(41)43-33(4,5)6)21-23-16-12-11-13-17-23/h1,11-19,22,25-26,28,38H,20-21H2,2-9H3,(H,35,39)(H,36,42). The van der Waals surface area contributed by atoms with E-state index in [0.717, 1.165) is 10.5 Å². The average molecular weight is 608 g/mol. The summed E-state index contributed by atoms with van der Waals surface area (Å²) in [5.74, 6) is -2.64. The van der Waals surface area contributed by atoms with Crippen LogP contribution in [0.2, 0.25) is 0 Å². The highest BCUT2D eigenvalue weighted by atomic mass is 16.6. The predicted octanol–water partition coefficient (Wildman–Crippen LogP) is 4.86. The number of amides is 3.